The lowest BCUT2D eigenvalue weighted by Gasteiger charge is -2.38. The number of rotatable bonds is 22. The van der Waals surface area contributed by atoms with Crippen molar-refractivity contribution in [2.24, 2.45) is 0 Å². The van der Waals surface area contributed by atoms with Gasteiger partial charge in [-0.15, -0.1) is 0 Å². The molecule has 0 aliphatic heterocycles. The Bertz CT molecular complexity index is 671. The van der Waals surface area contributed by atoms with Gasteiger partial charge in [0.15, 0.2) is 16.6 Å². The van der Waals surface area contributed by atoms with Gasteiger partial charge >= 0.3 is 20.6 Å². The number of alkyl carbamates (subject to hydrolysis) is 1. The van der Waals surface area contributed by atoms with Crippen LogP contribution >= 0.6 is 0 Å². The average Bonchev–Trinajstić information content (AvgIpc) is 2.78. The third kappa shape index (κ3) is 21.0. The fraction of sp³-hybridized carbons (Fsp3) is 0.913. The van der Waals surface area contributed by atoms with Crippen molar-refractivity contribution >= 4 is 37.3 Å². The second-order valence-corrected chi connectivity index (χ2v) is 23.3. The van der Waals surface area contributed by atoms with Gasteiger partial charge in [-0.05, 0) is 71.3 Å². The first-order valence-corrected chi connectivity index (χ1v) is 22.2. The predicted octanol–water partition coefficient (Wildman–Crippen LogP) is 2.13. The van der Waals surface area contributed by atoms with Crippen LogP contribution in [0.5, 0.6) is 0 Å². The lowest BCUT2D eigenvalue weighted by atomic mass is 10.4. The van der Waals surface area contributed by atoms with Crippen molar-refractivity contribution in [2.45, 2.75) is 83.3 Å². The Morgan fingerprint density at radius 2 is 1.39 bits per heavy atom. The number of hydrogen-bond donors (Lipinski definition) is 4. The molecule has 0 fully saturated rings. The number of ether oxygens (including phenoxy) is 4. The zero-order valence-corrected chi connectivity index (χ0v) is 27.6. The van der Waals surface area contributed by atoms with E-state index in [1.165, 1.54) is 6.92 Å². The molecule has 0 saturated heterocycles. The van der Waals surface area contributed by atoms with Gasteiger partial charge in [-0.3, -0.25) is 4.79 Å². The lowest BCUT2D eigenvalue weighted by molar-refractivity contribution is -0.151. The summed E-state index contributed by atoms with van der Waals surface area (Å²) in [6.07, 6.45) is -0.479. The summed E-state index contributed by atoms with van der Waals surface area (Å²) in [4.78, 5) is 22.4. The molecule has 0 bridgehead atoms. The maximum absolute atomic E-state index is 11.4. The molecule has 2 unspecified atom stereocenters. The van der Waals surface area contributed by atoms with E-state index in [0.29, 0.717) is 19.9 Å². The van der Waals surface area contributed by atoms with Crippen molar-refractivity contribution < 1.29 is 47.0 Å². The van der Waals surface area contributed by atoms with Crippen molar-refractivity contribution in [1.82, 2.24) is 10.6 Å². The predicted molar refractivity (Wildman–Crippen MR) is 152 cm³/mol. The maximum atomic E-state index is 11.4. The summed E-state index contributed by atoms with van der Waals surface area (Å²) in [5.41, 5.74) is 0. The molecule has 38 heavy (non-hydrogen) atoms. The molecular weight excluding hydrogens is 549 g/mol. The molecule has 2 atom stereocenters. The molecule has 15 heteroatoms. The van der Waals surface area contributed by atoms with Crippen LogP contribution in [0.25, 0.3) is 0 Å². The third-order valence-electron chi connectivity index (χ3n) is 5.15. The molecule has 0 heterocycles. The van der Waals surface area contributed by atoms with Crippen LogP contribution in [-0.2, 0) is 32.0 Å². The number of hydrogen-bond acceptors (Lipinski definition) is 11. The van der Waals surface area contributed by atoms with Crippen LogP contribution in [0.2, 0.25) is 51.4 Å². The Labute approximate surface area is 231 Å². The van der Waals surface area contributed by atoms with Crippen LogP contribution in [0.4, 0.5) is 4.79 Å². The summed E-state index contributed by atoms with van der Waals surface area (Å²) in [7, 11) is -4.62. The Hall–Kier alpha value is -0.889. The van der Waals surface area contributed by atoms with E-state index in [-0.39, 0.29) is 26.4 Å². The van der Waals surface area contributed by atoms with Gasteiger partial charge in [-0.2, -0.15) is 0 Å². The summed E-state index contributed by atoms with van der Waals surface area (Å²) in [6, 6.07) is 1.80. The molecule has 12 nitrogen and oxygen atoms in total. The van der Waals surface area contributed by atoms with Gasteiger partial charge in [0.2, 0.25) is 0 Å². The number of carbonyl (C=O) groups is 2. The largest absolute Gasteiger partial charge is 0.458 e. The second kappa shape index (κ2) is 19.2. The Balaban J connectivity index is 4.24. The molecule has 0 aromatic heterocycles. The van der Waals surface area contributed by atoms with Crippen LogP contribution < -0.4 is 10.6 Å². The van der Waals surface area contributed by atoms with Crippen molar-refractivity contribution in [2.75, 3.05) is 53.4 Å². The molecule has 226 valence electrons. The number of amides is 1. The Morgan fingerprint density at radius 3 is 1.87 bits per heavy atom. The average molecular weight is 601 g/mol. The van der Waals surface area contributed by atoms with E-state index in [1.807, 2.05) is 0 Å². The number of esters is 1. The van der Waals surface area contributed by atoms with Crippen LogP contribution in [0.3, 0.4) is 0 Å². The van der Waals surface area contributed by atoms with Crippen molar-refractivity contribution in [3.8, 4) is 0 Å². The smallest absolute Gasteiger partial charge is 0.408 e. The van der Waals surface area contributed by atoms with E-state index in [9.17, 15) is 19.8 Å². The van der Waals surface area contributed by atoms with Gasteiger partial charge < -0.3 is 48.0 Å². The van der Waals surface area contributed by atoms with E-state index < -0.39 is 49.5 Å². The molecule has 0 saturated carbocycles. The second-order valence-electron chi connectivity index (χ2n) is 10.9. The maximum Gasteiger partial charge on any atom is 0.408 e. The van der Waals surface area contributed by atoms with E-state index in [0.717, 1.165) is 24.9 Å². The van der Waals surface area contributed by atoms with Gasteiger partial charge in [0.05, 0.1) is 26.5 Å². The summed E-state index contributed by atoms with van der Waals surface area (Å²) >= 11 is 0. The zero-order chi connectivity index (χ0) is 29.2. The molecule has 0 aromatic rings. The molecule has 1 amide bonds. The third-order valence-corrected chi connectivity index (χ3v) is 16.6. The molecule has 0 rings (SSSR count). The number of aliphatic hydroxyl groups excluding tert-OH is 2. The minimum absolute atomic E-state index is 0.0966. The normalized spacial score (nSPS) is 14.2. The van der Waals surface area contributed by atoms with Crippen LogP contribution in [0.15, 0.2) is 0 Å². The molecule has 4 N–H and O–H groups in total. The fourth-order valence-electron chi connectivity index (χ4n) is 3.88. The highest BCUT2D eigenvalue weighted by atomic mass is 28.5. The molecule has 0 aromatic carbocycles. The fourth-order valence-corrected chi connectivity index (χ4v) is 17.9. The minimum Gasteiger partial charge on any atom is -0.458 e. The van der Waals surface area contributed by atoms with Gasteiger partial charge in [0, 0.05) is 20.1 Å². The van der Waals surface area contributed by atoms with E-state index in [4.69, 9.17) is 27.2 Å². The van der Waals surface area contributed by atoms with E-state index >= 15 is 0 Å². The van der Waals surface area contributed by atoms with Gasteiger partial charge in [-0.1, -0.05) is 0 Å². The van der Waals surface area contributed by atoms with Gasteiger partial charge in [0.1, 0.15) is 18.8 Å². The SMILES string of the molecule is CNCNC(=O)OCC(O)COCCC[Si](C)(C)O[Si](C)(C)O[Si](C)(C)CCCOCC(CO)OC(C)=O. The molecular formula is C23H52N2O10Si3. The van der Waals surface area contributed by atoms with Crippen LogP contribution in [0, 0.1) is 0 Å². The molecule has 0 aliphatic carbocycles. The molecule has 0 spiro atoms. The summed E-state index contributed by atoms with van der Waals surface area (Å²) in [6.45, 7) is 15.4. The molecule has 0 radical (unpaired) electrons. The summed E-state index contributed by atoms with van der Waals surface area (Å²) in [5.74, 6) is -0.437. The zero-order valence-electron chi connectivity index (χ0n) is 24.6. The van der Waals surface area contributed by atoms with Crippen LogP contribution in [0.1, 0.15) is 19.8 Å². The number of nitrogens with one attached hydrogen (secondary N) is 2. The summed E-state index contributed by atoms with van der Waals surface area (Å²) in [5, 5.41) is 24.4. The first kappa shape index (κ1) is 37.1. The standard InChI is InChI=1S/C23H52N2O10Si3/c1-20(27)33-22(15-26)18-31-12-10-14-37(5,6)35-38(7,8)34-36(3,4)13-9-11-30-16-21(28)17-32-23(29)25-19-24-2/h21-22,24,26,28H,9-19H2,1-8H3,(H,25,29). The van der Waals surface area contributed by atoms with Crippen molar-refractivity contribution in [3.63, 3.8) is 0 Å². The summed E-state index contributed by atoms with van der Waals surface area (Å²) < 4.78 is 34.2. The highest BCUT2D eigenvalue weighted by Crippen LogP contribution is 2.26. The van der Waals surface area contributed by atoms with Crippen LogP contribution in [-0.4, -0.2) is 113 Å². The van der Waals surface area contributed by atoms with Gasteiger partial charge in [0.25, 0.3) is 0 Å². The van der Waals surface area contributed by atoms with E-state index in [1.54, 1.807) is 7.05 Å². The first-order valence-electron chi connectivity index (χ1n) is 13.2. The first-order chi connectivity index (χ1) is 17.6. The Kier molecular flexibility index (Phi) is 18.8. The van der Waals surface area contributed by atoms with Gasteiger partial charge in [-0.25, -0.2) is 4.79 Å². The lowest BCUT2D eigenvalue weighted by Crippen LogP contribution is -2.52. The highest BCUT2D eigenvalue weighted by molar-refractivity contribution is 6.87. The highest BCUT2D eigenvalue weighted by Gasteiger charge is 2.39. The topological polar surface area (TPSA) is 154 Å². The molecule has 0 aliphatic rings. The number of carbonyl (C=O) groups excluding carboxylic acids is 2. The van der Waals surface area contributed by atoms with Crippen molar-refractivity contribution in [3.05, 3.63) is 0 Å². The number of aliphatic hydroxyl groups is 2. The van der Waals surface area contributed by atoms with E-state index in [2.05, 4.69) is 49.9 Å². The minimum atomic E-state index is -2.35. The Morgan fingerprint density at radius 1 is 0.868 bits per heavy atom. The van der Waals surface area contributed by atoms with Crippen molar-refractivity contribution in [1.29, 1.82) is 0 Å². The monoisotopic (exact) mass is 600 g/mol. The quantitative estimate of drug-likeness (QED) is 0.0625.